The Balaban J connectivity index is 2.56. The number of carbonyl (C=O) groups is 2. The minimum atomic E-state index is -0.0430. The Morgan fingerprint density at radius 3 is 2.53 bits per heavy atom. The van der Waals surface area contributed by atoms with Crippen molar-refractivity contribution in [2.45, 2.75) is 26.7 Å². The first-order valence-electron chi connectivity index (χ1n) is 7.10. The Morgan fingerprint density at radius 2 is 2.05 bits per heavy atom. The zero-order valence-corrected chi connectivity index (χ0v) is 12.6. The van der Waals surface area contributed by atoms with Crippen molar-refractivity contribution in [1.82, 2.24) is 15.1 Å². The van der Waals surface area contributed by atoms with Gasteiger partial charge in [0.1, 0.15) is 0 Å². The molecule has 0 bridgehead atoms. The highest BCUT2D eigenvalue weighted by atomic mass is 16.2. The van der Waals surface area contributed by atoms with Crippen LogP contribution >= 0.6 is 0 Å². The number of amides is 2. The molecule has 0 saturated carbocycles. The molecule has 5 heteroatoms. The lowest BCUT2D eigenvalue weighted by Gasteiger charge is -2.31. The highest BCUT2D eigenvalue weighted by molar-refractivity contribution is 5.83. The monoisotopic (exact) mass is 269 g/mol. The molecule has 1 heterocycles. The van der Waals surface area contributed by atoms with Crippen molar-refractivity contribution in [3.05, 3.63) is 0 Å². The van der Waals surface area contributed by atoms with E-state index in [1.807, 2.05) is 19.0 Å². The van der Waals surface area contributed by atoms with E-state index in [2.05, 4.69) is 24.1 Å². The summed E-state index contributed by atoms with van der Waals surface area (Å²) in [6.45, 7) is 7.16. The number of likely N-dealkylation sites (N-methyl/N-ethyl adjacent to an activating group) is 1. The van der Waals surface area contributed by atoms with Gasteiger partial charge in [0.2, 0.25) is 11.8 Å². The molecule has 0 aliphatic carbocycles. The summed E-state index contributed by atoms with van der Waals surface area (Å²) < 4.78 is 0. The van der Waals surface area contributed by atoms with Crippen molar-refractivity contribution in [2.24, 2.45) is 11.8 Å². The van der Waals surface area contributed by atoms with Gasteiger partial charge in [0.15, 0.2) is 0 Å². The highest BCUT2D eigenvalue weighted by Crippen LogP contribution is 2.15. The van der Waals surface area contributed by atoms with Crippen LogP contribution in [0.15, 0.2) is 0 Å². The van der Waals surface area contributed by atoms with Gasteiger partial charge in [-0.15, -0.1) is 0 Å². The summed E-state index contributed by atoms with van der Waals surface area (Å²) in [6, 6.07) is 0. The largest absolute Gasteiger partial charge is 0.355 e. The fourth-order valence-corrected chi connectivity index (χ4v) is 2.25. The van der Waals surface area contributed by atoms with E-state index < -0.39 is 0 Å². The molecule has 1 aliphatic rings. The topological polar surface area (TPSA) is 52.7 Å². The molecule has 1 aliphatic heterocycles. The number of nitrogens with zero attached hydrogens (tertiary/aromatic N) is 2. The average molecular weight is 269 g/mol. The Bertz CT molecular complexity index is 306. The van der Waals surface area contributed by atoms with Crippen LogP contribution in [0.3, 0.4) is 0 Å². The van der Waals surface area contributed by atoms with Crippen molar-refractivity contribution in [3.63, 3.8) is 0 Å². The van der Waals surface area contributed by atoms with Gasteiger partial charge in [0, 0.05) is 32.6 Å². The van der Waals surface area contributed by atoms with Crippen molar-refractivity contribution < 1.29 is 9.59 Å². The number of rotatable bonds is 6. The van der Waals surface area contributed by atoms with Crippen LogP contribution in [0, 0.1) is 11.8 Å². The number of hydrogen-bond acceptors (Lipinski definition) is 3. The van der Waals surface area contributed by atoms with Gasteiger partial charge in [0.05, 0.1) is 5.92 Å². The van der Waals surface area contributed by atoms with Crippen LogP contribution in [-0.4, -0.2) is 61.9 Å². The first kappa shape index (κ1) is 16.0. The van der Waals surface area contributed by atoms with Crippen molar-refractivity contribution >= 4 is 11.8 Å². The van der Waals surface area contributed by atoms with E-state index in [9.17, 15) is 9.59 Å². The van der Waals surface area contributed by atoms with E-state index in [-0.39, 0.29) is 17.7 Å². The summed E-state index contributed by atoms with van der Waals surface area (Å²) in [7, 11) is 4.03. The number of nitrogens with one attached hydrogen (secondary N) is 1. The van der Waals surface area contributed by atoms with Gasteiger partial charge in [-0.05, 0) is 26.4 Å². The van der Waals surface area contributed by atoms with Gasteiger partial charge in [-0.25, -0.2) is 0 Å². The van der Waals surface area contributed by atoms with Gasteiger partial charge >= 0.3 is 0 Å². The molecule has 110 valence electrons. The lowest BCUT2D eigenvalue weighted by atomic mass is 9.97. The highest BCUT2D eigenvalue weighted by Gasteiger charge is 2.28. The Hall–Kier alpha value is -1.10. The molecule has 5 nitrogen and oxygen atoms in total. The van der Waals surface area contributed by atoms with Crippen LogP contribution in [0.2, 0.25) is 0 Å². The standard InChI is InChI=1S/C14H27N3O2/c1-11(2)10-17(8-7-16(3)4)14(19)12-5-6-13(18)15-9-12/h11-12H,5-10H2,1-4H3,(H,15,18). The van der Waals surface area contributed by atoms with E-state index in [0.29, 0.717) is 25.3 Å². The molecule has 0 radical (unpaired) electrons. The molecular weight excluding hydrogens is 242 g/mol. The maximum Gasteiger partial charge on any atom is 0.227 e. The molecule has 0 spiro atoms. The molecule has 0 aromatic rings. The van der Waals surface area contributed by atoms with Crippen LogP contribution in [0.1, 0.15) is 26.7 Å². The quantitative estimate of drug-likeness (QED) is 0.766. The molecule has 1 atom stereocenters. The number of hydrogen-bond donors (Lipinski definition) is 1. The summed E-state index contributed by atoms with van der Waals surface area (Å²) in [5.74, 6) is 0.672. The second-order valence-electron chi connectivity index (χ2n) is 6.02. The van der Waals surface area contributed by atoms with Gasteiger partial charge in [-0.3, -0.25) is 9.59 Å². The summed E-state index contributed by atoms with van der Waals surface area (Å²) >= 11 is 0. The third kappa shape index (κ3) is 5.59. The van der Waals surface area contributed by atoms with Crippen LogP contribution in [0.5, 0.6) is 0 Å². The van der Waals surface area contributed by atoms with E-state index in [1.165, 1.54) is 0 Å². The zero-order valence-electron chi connectivity index (χ0n) is 12.6. The van der Waals surface area contributed by atoms with Crippen LogP contribution < -0.4 is 5.32 Å². The second-order valence-corrected chi connectivity index (χ2v) is 6.02. The molecular formula is C14H27N3O2. The van der Waals surface area contributed by atoms with Crippen molar-refractivity contribution in [3.8, 4) is 0 Å². The lowest BCUT2D eigenvalue weighted by molar-refractivity contribution is -0.138. The molecule has 0 aromatic heterocycles. The fraction of sp³-hybridized carbons (Fsp3) is 0.857. The van der Waals surface area contributed by atoms with Crippen LogP contribution in [0.25, 0.3) is 0 Å². The fourth-order valence-electron chi connectivity index (χ4n) is 2.25. The summed E-state index contributed by atoms with van der Waals surface area (Å²) in [6.07, 6.45) is 1.15. The Morgan fingerprint density at radius 1 is 1.37 bits per heavy atom. The lowest BCUT2D eigenvalue weighted by Crippen LogP contribution is -2.47. The van der Waals surface area contributed by atoms with Gasteiger partial charge in [-0.2, -0.15) is 0 Å². The Kier molecular flexibility index (Phi) is 6.28. The molecule has 1 rings (SSSR count). The van der Waals surface area contributed by atoms with Crippen molar-refractivity contribution in [2.75, 3.05) is 40.3 Å². The maximum absolute atomic E-state index is 12.5. The summed E-state index contributed by atoms with van der Waals surface area (Å²) in [4.78, 5) is 27.7. The normalized spacial score (nSPS) is 19.7. The molecule has 1 unspecified atom stereocenters. The summed E-state index contributed by atoms with van der Waals surface area (Å²) in [5, 5.41) is 2.79. The number of piperidine rings is 1. The minimum Gasteiger partial charge on any atom is -0.355 e. The molecule has 1 saturated heterocycles. The second kappa shape index (κ2) is 7.48. The van der Waals surface area contributed by atoms with Gasteiger partial charge in [-0.1, -0.05) is 13.8 Å². The smallest absolute Gasteiger partial charge is 0.227 e. The van der Waals surface area contributed by atoms with Gasteiger partial charge in [0.25, 0.3) is 0 Å². The maximum atomic E-state index is 12.5. The van der Waals surface area contributed by atoms with E-state index in [1.54, 1.807) is 0 Å². The predicted molar refractivity (Wildman–Crippen MR) is 75.7 cm³/mol. The molecule has 19 heavy (non-hydrogen) atoms. The zero-order chi connectivity index (χ0) is 14.4. The van der Waals surface area contributed by atoms with E-state index >= 15 is 0 Å². The van der Waals surface area contributed by atoms with Crippen LogP contribution in [0.4, 0.5) is 0 Å². The predicted octanol–water partition coefficient (Wildman–Crippen LogP) is 0.559. The van der Waals surface area contributed by atoms with Crippen molar-refractivity contribution in [1.29, 1.82) is 0 Å². The third-order valence-corrected chi connectivity index (χ3v) is 3.33. The van der Waals surface area contributed by atoms with E-state index in [0.717, 1.165) is 19.6 Å². The Labute approximate surface area is 116 Å². The molecule has 0 aromatic carbocycles. The summed E-state index contributed by atoms with van der Waals surface area (Å²) in [5.41, 5.74) is 0. The van der Waals surface area contributed by atoms with Crippen LogP contribution in [-0.2, 0) is 9.59 Å². The first-order valence-corrected chi connectivity index (χ1v) is 7.10. The number of carbonyl (C=O) groups excluding carboxylic acids is 2. The SMILES string of the molecule is CC(C)CN(CCN(C)C)C(=O)C1CCC(=O)NC1. The van der Waals surface area contributed by atoms with E-state index in [4.69, 9.17) is 0 Å². The molecule has 1 fully saturated rings. The third-order valence-electron chi connectivity index (χ3n) is 3.33. The molecule has 2 amide bonds. The average Bonchev–Trinajstić information content (AvgIpc) is 2.34. The molecule has 1 N–H and O–H groups in total. The minimum absolute atomic E-state index is 0.0430. The first-order chi connectivity index (χ1) is 8.90. The van der Waals surface area contributed by atoms with Gasteiger partial charge < -0.3 is 15.1 Å².